The predicted molar refractivity (Wildman–Crippen MR) is 77.5 cm³/mol. The first kappa shape index (κ1) is 14.8. The Kier molecular flexibility index (Phi) is 4.96. The van der Waals surface area contributed by atoms with E-state index >= 15 is 0 Å². The van der Waals surface area contributed by atoms with Gasteiger partial charge >= 0.3 is 6.09 Å². The summed E-state index contributed by atoms with van der Waals surface area (Å²) in [6.45, 7) is 9.81. The summed E-state index contributed by atoms with van der Waals surface area (Å²) in [5.74, 6) is 0.472. The maximum atomic E-state index is 11.7. The molecule has 0 bridgehead atoms. The Morgan fingerprint density at radius 2 is 1.94 bits per heavy atom. The van der Waals surface area contributed by atoms with Gasteiger partial charge in [0.05, 0.1) is 0 Å². The van der Waals surface area contributed by atoms with Crippen LogP contribution in [0.2, 0.25) is 0 Å². The van der Waals surface area contributed by atoms with Crippen LogP contribution in [0.25, 0.3) is 0 Å². The molecule has 0 atom stereocenters. The topological polar surface area (TPSA) is 38.3 Å². The lowest BCUT2D eigenvalue weighted by Crippen LogP contribution is -2.21. The summed E-state index contributed by atoms with van der Waals surface area (Å²) in [6.07, 6.45) is 0.348. The van der Waals surface area contributed by atoms with E-state index in [1.54, 1.807) is 12.1 Å². The van der Waals surface area contributed by atoms with Gasteiger partial charge in [-0.2, -0.15) is 0 Å². The molecule has 18 heavy (non-hydrogen) atoms. The molecule has 1 aromatic carbocycles. The lowest BCUT2D eigenvalue weighted by Gasteiger charge is -2.24. The highest BCUT2D eigenvalue weighted by atomic mass is 79.9. The van der Waals surface area contributed by atoms with Gasteiger partial charge in [0.1, 0.15) is 5.76 Å². The van der Waals surface area contributed by atoms with Crippen LogP contribution in [-0.4, -0.2) is 6.09 Å². The van der Waals surface area contributed by atoms with Crippen molar-refractivity contribution in [2.75, 3.05) is 5.32 Å². The van der Waals surface area contributed by atoms with Crippen molar-refractivity contribution in [2.45, 2.75) is 27.2 Å². The fraction of sp³-hybridized carbons (Fsp3) is 0.357. The Morgan fingerprint density at radius 1 is 1.39 bits per heavy atom. The summed E-state index contributed by atoms with van der Waals surface area (Å²) in [5.41, 5.74) is 0.474. The summed E-state index contributed by atoms with van der Waals surface area (Å²) in [6, 6.07) is 7.28. The number of carbonyl (C=O) groups is 1. The highest BCUT2D eigenvalue weighted by Gasteiger charge is 2.23. The molecule has 0 fully saturated rings. The summed E-state index contributed by atoms with van der Waals surface area (Å²) < 4.78 is 6.14. The molecular weight excluding hydrogens is 294 g/mol. The maximum Gasteiger partial charge on any atom is 0.416 e. The van der Waals surface area contributed by atoms with Crippen molar-refractivity contribution in [3.63, 3.8) is 0 Å². The standard InChI is InChI=1S/C14H18BrNO2/c1-5-14(3,4)10(2)18-13(17)16-12-8-6-11(15)7-9-12/h6-9H,2,5H2,1,3-4H3,(H,16,17). The van der Waals surface area contributed by atoms with Gasteiger partial charge in [-0.15, -0.1) is 0 Å². The van der Waals surface area contributed by atoms with Crippen LogP contribution in [0.1, 0.15) is 27.2 Å². The fourth-order valence-corrected chi connectivity index (χ4v) is 1.39. The summed E-state index contributed by atoms with van der Waals surface area (Å²) in [7, 11) is 0. The number of hydrogen-bond donors (Lipinski definition) is 1. The molecule has 0 radical (unpaired) electrons. The smallest absolute Gasteiger partial charge is 0.415 e. The van der Waals surface area contributed by atoms with Crippen molar-refractivity contribution in [1.29, 1.82) is 0 Å². The second-order valence-electron chi connectivity index (χ2n) is 4.68. The van der Waals surface area contributed by atoms with Crippen LogP contribution >= 0.6 is 15.9 Å². The Hall–Kier alpha value is -1.29. The molecule has 3 nitrogen and oxygen atoms in total. The average molecular weight is 312 g/mol. The van der Waals surface area contributed by atoms with Gasteiger partial charge in [0.15, 0.2) is 0 Å². The third-order valence-electron chi connectivity index (χ3n) is 2.95. The molecule has 98 valence electrons. The lowest BCUT2D eigenvalue weighted by molar-refractivity contribution is 0.163. The van der Waals surface area contributed by atoms with E-state index in [0.717, 1.165) is 10.9 Å². The molecule has 1 N–H and O–H groups in total. The number of amides is 1. The number of halogens is 1. The first-order chi connectivity index (χ1) is 8.35. The number of hydrogen-bond acceptors (Lipinski definition) is 2. The van der Waals surface area contributed by atoms with E-state index < -0.39 is 6.09 Å². The van der Waals surface area contributed by atoms with E-state index in [4.69, 9.17) is 4.74 Å². The molecule has 0 aromatic heterocycles. The molecule has 0 aliphatic heterocycles. The van der Waals surface area contributed by atoms with Crippen molar-refractivity contribution in [3.05, 3.63) is 41.1 Å². The van der Waals surface area contributed by atoms with Crippen molar-refractivity contribution < 1.29 is 9.53 Å². The van der Waals surface area contributed by atoms with Crippen molar-refractivity contribution in [1.82, 2.24) is 0 Å². The molecule has 0 aliphatic carbocycles. The normalized spacial score (nSPS) is 10.9. The molecular formula is C14H18BrNO2. The Balaban J connectivity index is 2.57. The molecule has 0 saturated heterocycles. The number of anilines is 1. The van der Waals surface area contributed by atoms with Gasteiger partial charge in [-0.25, -0.2) is 4.79 Å². The van der Waals surface area contributed by atoms with E-state index in [0.29, 0.717) is 11.4 Å². The highest BCUT2D eigenvalue weighted by molar-refractivity contribution is 9.10. The third kappa shape index (κ3) is 4.18. The zero-order chi connectivity index (χ0) is 13.8. The second-order valence-corrected chi connectivity index (χ2v) is 5.60. The van der Waals surface area contributed by atoms with Crippen LogP contribution in [0.15, 0.2) is 41.1 Å². The Labute approximate surface area is 116 Å². The number of rotatable bonds is 4. The van der Waals surface area contributed by atoms with Crippen LogP contribution in [-0.2, 0) is 4.74 Å². The van der Waals surface area contributed by atoms with E-state index in [1.807, 2.05) is 32.9 Å². The summed E-state index contributed by atoms with van der Waals surface area (Å²) in [4.78, 5) is 11.7. The molecule has 0 saturated carbocycles. The molecule has 1 amide bonds. The molecule has 0 unspecified atom stereocenters. The Morgan fingerprint density at radius 3 is 2.44 bits per heavy atom. The van der Waals surface area contributed by atoms with Crippen LogP contribution < -0.4 is 5.32 Å². The van der Waals surface area contributed by atoms with E-state index in [9.17, 15) is 4.79 Å². The largest absolute Gasteiger partial charge is 0.416 e. The average Bonchev–Trinajstić information content (AvgIpc) is 2.32. The van der Waals surface area contributed by atoms with Crippen molar-refractivity contribution >= 4 is 27.7 Å². The number of carbonyl (C=O) groups excluding carboxylic acids is 1. The van der Waals surface area contributed by atoms with Crippen LogP contribution in [0.5, 0.6) is 0 Å². The van der Waals surface area contributed by atoms with Gasteiger partial charge in [-0.3, -0.25) is 5.32 Å². The molecule has 0 aliphatic rings. The SMILES string of the molecule is C=C(OC(=O)Nc1ccc(Br)cc1)C(C)(C)CC. The van der Waals surface area contributed by atoms with Gasteiger partial charge < -0.3 is 4.74 Å². The number of benzene rings is 1. The van der Waals surface area contributed by atoms with Gasteiger partial charge in [0.2, 0.25) is 0 Å². The highest BCUT2D eigenvalue weighted by Crippen LogP contribution is 2.29. The molecule has 1 rings (SSSR count). The quantitative estimate of drug-likeness (QED) is 0.799. The van der Waals surface area contributed by atoms with Crippen molar-refractivity contribution in [2.24, 2.45) is 5.41 Å². The van der Waals surface area contributed by atoms with Gasteiger partial charge in [0, 0.05) is 15.6 Å². The molecule has 4 heteroatoms. The molecule has 1 aromatic rings. The van der Waals surface area contributed by atoms with Gasteiger partial charge in [-0.05, 0) is 30.7 Å². The van der Waals surface area contributed by atoms with Crippen LogP contribution in [0.3, 0.4) is 0 Å². The van der Waals surface area contributed by atoms with Crippen LogP contribution in [0.4, 0.5) is 10.5 Å². The first-order valence-corrected chi connectivity index (χ1v) is 6.58. The number of allylic oxidation sites excluding steroid dienone is 1. The van der Waals surface area contributed by atoms with Crippen molar-refractivity contribution in [3.8, 4) is 0 Å². The monoisotopic (exact) mass is 311 g/mol. The second kappa shape index (κ2) is 6.05. The zero-order valence-corrected chi connectivity index (χ0v) is 12.5. The third-order valence-corrected chi connectivity index (χ3v) is 3.47. The summed E-state index contributed by atoms with van der Waals surface area (Å²) in [5, 5.41) is 2.65. The maximum absolute atomic E-state index is 11.7. The minimum absolute atomic E-state index is 0.211. The zero-order valence-electron chi connectivity index (χ0n) is 10.9. The van der Waals surface area contributed by atoms with Gasteiger partial charge in [-0.1, -0.05) is 43.3 Å². The summed E-state index contributed by atoms with van der Waals surface area (Å²) >= 11 is 3.33. The number of ether oxygens (including phenoxy) is 1. The first-order valence-electron chi connectivity index (χ1n) is 5.79. The lowest BCUT2D eigenvalue weighted by atomic mass is 9.88. The van der Waals surface area contributed by atoms with E-state index in [-0.39, 0.29) is 5.41 Å². The van der Waals surface area contributed by atoms with E-state index in [2.05, 4.69) is 27.8 Å². The Bertz CT molecular complexity index is 438. The van der Waals surface area contributed by atoms with Crippen LogP contribution in [0, 0.1) is 5.41 Å². The van der Waals surface area contributed by atoms with Gasteiger partial charge in [0.25, 0.3) is 0 Å². The molecule has 0 heterocycles. The fourth-order valence-electron chi connectivity index (χ4n) is 1.12. The number of nitrogens with one attached hydrogen (secondary N) is 1. The minimum Gasteiger partial charge on any atom is -0.415 e. The van der Waals surface area contributed by atoms with E-state index in [1.165, 1.54) is 0 Å². The molecule has 0 spiro atoms. The minimum atomic E-state index is -0.510. The predicted octanol–water partition coefficient (Wildman–Crippen LogP) is 4.95.